The van der Waals surface area contributed by atoms with Gasteiger partial charge in [0.15, 0.2) is 0 Å². The summed E-state index contributed by atoms with van der Waals surface area (Å²) in [6.07, 6.45) is 2.58. The van der Waals surface area contributed by atoms with Crippen molar-refractivity contribution in [1.29, 1.82) is 0 Å². The molecule has 138 valence electrons. The molecular formula is C21H26N2O3. The minimum Gasteiger partial charge on any atom is -0.507 e. The van der Waals surface area contributed by atoms with Gasteiger partial charge in [0.1, 0.15) is 11.5 Å². The van der Waals surface area contributed by atoms with Gasteiger partial charge in [-0.1, -0.05) is 19.1 Å². The quantitative estimate of drug-likeness (QED) is 0.855. The van der Waals surface area contributed by atoms with Crippen molar-refractivity contribution >= 4 is 11.6 Å². The number of nitrogens with zero attached hydrogens (tertiary/aromatic N) is 1. The number of anilines is 1. The smallest absolute Gasteiger partial charge is 0.259 e. The second kappa shape index (κ2) is 8.23. The highest BCUT2D eigenvalue weighted by Crippen LogP contribution is 2.24. The molecule has 2 aromatic carbocycles. The van der Waals surface area contributed by atoms with Crippen LogP contribution in [0.4, 0.5) is 5.69 Å². The van der Waals surface area contributed by atoms with E-state index in [-0.39, 0.29) is 17.2 Å². The van der Waals surface area contributed by atoms with Crippen molar-refractivity contribution in [2.24, 2.45) is 5.92 Å². The van der Waals surface area contributed by atoms with Gasteiger partial charge in [0.25, 0.3) is 5.91 Å². The standard InChI is InChI=1S/C21H26N2O3/c1-15-4-3-11-23(13-15)14-16-5-7-17(8-6-16)22-21(25)19-10-9-18(26-2)12-20(19)24/h5-10,12,15,24H,3-4,11,13-14H2,1-2H3,(H,22,25). The van der Waals surface area contributed by atoms with E-state index in [0.717, 1.165) is 25.6 Å². The lowest BCUT2D eigenvalue weighted by Gasteiger charge is -2.30. The Morgan fingerprint density at radius 2 is 2.04 bits per heavy atom. The largest absolute Gasteiger partial charge is 0.507 e. The van der Waals surface area contributed by atoms with Crippen LogP contribution >= 0.6 is 0 Å². The highest BCUT2D eigenvalue weighted by Gasteiger charge is 2.16. The first-order valence-corrected chi connectivity index (χ1v) is 9.05. The van der Waals surface area contributed by atoms with E-state index in [0.29, 0.717) is 11.4 Å². The Hall–Kier alpha value is -2.53. The predicted molar refractivity (Wildman–Crippen MR) is 103 cm³/mol. The molecule has 26 heavy (non-hydrogen) atoms. The molecule has 1 aliphatic heterocycles. The van der Waals surface area contributed by atoms with Crippen molar-refractivity contribution in [2.45, 2.75) is 26.3 Å². The van der Waals surface area contributed by atoms with Crippen LogP contribution in [0.5, 0.6) is 11.5 Å². The number of ether oxygens (including phenoxy) is 1. The molecule has 0 spiro atoms. The van der Waals surface area contributed by atoms with Gasteiger partial charge in [-0.15, -0.1) is 0 Å². The third-order valence-corrected chi connectivity index (χ3v) is 4.81. The number of methoxy groups -OCH3 is 1. The lowest BCUT2D eigenvalue weighted by molar-refractivity contribution is 0.102. The number of nitrogens with one attached hydrogen (secondary N) is 1. The Labute approximate surface area is 154 Å². The molecule has 1 fully saturated rings. The lowest BCUT2D eigenvalue weighted by Crippen LogP contribution is -2.33. The highest BCUT2D eigenvalue weighted by molar-refractivity contribution is 6.06. The van der Waals surface area contributed by atoms with Crippen molar-refractivity contribution in [3.05, 3.63) is 53.6 Å². The molecule has 1 saturated heterocycles. The predicted octanol–water partition coefficient (Wildman–Crippen LogP) is 3.89. The minimum atomic E-state index is -0.345. The van der Waals surface area contributed by atoms with Gasteiger partial charge in [0, 0.05) is 24.8 Å². The van der Waals surface area contributed by atoms with E-state index in [9.17, 15) is 9.90 Å². The minimum absolute atomic E-state index is 0.0994. The van der Waals surface area contributed by atoms with Gasteiger partial charge in [-0.25, -0.2) is 0 Å². The number of carbonyl (C=O) groups is 1. The zero-order valence-electron chi connectivity index (χ0n) is 15.4. The third-order valence-electron chi connectivity index (χ3n) is 4.81. The summed E-state index contributed by atoms with van der Waals surface area (Å²) in [5.74, 6) is 0.829. The monoisotopic (exact) mass is 354 g/mol. The number of hydrogen-bond donors (Lipinski definition) is 2. The molecule has 5 heteroatoms. The van der Waals surface area contributed by atoms with Gasteiger partial charge in [0.2, 0.25) is 0 Å². The molecule has 0 saturated carbocycles. The van der Waals surface area contributed by atoms with Crippen molar-refractivity contribution < 1.29 is 14.6 Å². The fourth-order valence-electron chi connectivity index (χ4n) is 3.41. The van der Waals surface area contributed by atoms with Crippen LogP contribution in [0.2, 0.25) is 0 Å². The second-order valence-corrected chi connectivity index (χ2v) is 7.02. The molecule has 5 nitrogen and oxygen atoms in total. The van der Waals surface area contributed by atoms with Gasteiger partial charge in [-0.3, -0.25) is 9.69 Å². The summed E-state index contributed by atoms with van der Waals surface area (Å²) in [6.45, 7) is 5.55. The summed E-state index contributed by atoms with van der Waals surface area (Å²) in [5.41, 5.74) is 2.17. The number of carbonyl (C=O) groups excluding carboxylic acids is 1. The van der Waals surface area contributed by atoms with Crippen molar-refractivity contribution in [3.63, 3.8) is 0 Å². The topological polar surface area (TPSA) is 61.8 Å². The maximum absolute atomic E-state index is 12.4. The van der Waals surface area contributed by atoms with Crippen LogP contribution in [-0.4, -0.2) is 36.1 Å². The first-order chi connectivity index (χ1) is 12.5. The number of amides is 1. The van der Waals surface area contributed by atoms with Gasteiger partial charge in [-0.2, -0.15) is 0 Å². The van der Waals surface area contributed by atoms with E-state index < -0.39 is 0 Å². The number of benzene rings is 2. The highest BCUT2D eigenvalue weighted by atomic mass is 16.5. The van der Waals surface area contributed by atoms with E-state index in [1.807, 2.05) is 24.3 Å². The molecule has 0 bridgehead atoms. The fraction of sp³-hybridized carbons (Fsp3) is 0.381. The zero-order valence-corrected chi connectivity index (χ0v) is 15.4. The Kier molecular flexibility index (Phi) is 5.78. The van der Waals surface area contributed by atoms with Crippen LogP contribution in [0.3, 0.4) is 0 Å². The molecular weight excluding hydrogens is 328 g/mol. The average molecular weight is 354 g/mol. The number of phenolic OH excluding ortho intramolecular Hbond substituents is 1. The van der Waals surface area contributed by atoms with Gasteiger partial charge < -0.3 is 15.2 Å². The van der Waals surface area contributed by atoms with Gasteiger partial charge in [0.05, 0.1) is 12.7 Å². The normalized spacial score (nSPS) is 17.7. The SMILES string of the molecule is COc1ccc(C(=O)Nc2ccc(CN3CCCC(C)C3)cc2)c(O)c1. The van der Waals surface area contributed by atoms with Crippen LogP contribution in [0.1, 0.15) is 35.7 Å². The summed E-state index contributed by atoms with van der Waals surface area (Å²) in [5, 5.41) is 12.8. The molecule has 1 unspecified atom stereocenters. The molecule has 0 aromatic heterocycles. The van der Waals surface area contributed by atoms with Crippen molar-refractivity contribution in [2.75, 3.05) is 25.5 Å². The number of piperidine rings is 1. The van der Waals surface area contributed by atoms with Crippen molar-refractivity contribution in [1.82, 2.24) is 4.90 Å². The number of likely N-dealkylation sites (tertiary alicyclic amines) is 1. The Morgan fingerprint density at radius 3 is 2.69 bits per heavy atom. The maximum atomic E-state index is 12.4. The molecule has 0 radical (unpaired) electrons. The molecule has 1 amide bonds. The number of hydrogen-bond acceptors (Lipinski definition) is 4. The maximum Gasteiger partial charge on any atom is 0.259 e. The molecule has 2 N–H and O–H groups in total. The number of rotatable bonds is 5. The lowest BCUT2D eigenvalue weighted by atomic mass is 10.00. The van der Waals surface area contributed by atoms with E-state index >= 15 is 0 Å². The molecule has 2 aromatic rings. The molecule has 0 aliphatic carbocycles. The third kappa shape index (κ3) is 4.55. The molecule has 3 rings (SSSR count). The van der Waals surface area contributed by atoms with E-state index in [4.69, 9.17) is 4.74 Å². The Bertz CT molecular complexity index is 758. The average Bonchev–Trinajstić information content (AvgIpc) is 2.63. The second-order valence-electron chi connectivity index (χ2n) is 7.02. The summed E-state index contributed by atoms with van der Waals surface area (Å²) in [7, 11) is 1.51. The first-order valence-electron chi connectivity index (χ1n) is 9.05. The Balaban J connectivity index is 1.61. The number of aromatic hydroxyl groups is 1. The number of phenols is 1. The van der Waals surface area contributed by atoms with Gasteiger partial charge >= 0.3 is 0 Å². The van der Waals surface area contributed by atoms with Gasteiger partial charge in [-0.05, 0) is 55.1 Å². The van der Waals surface area contributed by atoms with E-state index in [2.05, 4.69) is 17.1 Å². The van der Waals surface area contributed by atoms with E-state index in [1.165, 1.54) is 31.6 Å². The van der Waals surface area contributed by atoms with Crippen LogP contribution in [0.15, 0.2) is 42.5 Å². The van der Waals surface area contributed by atoms with Crippen LogP contribution < -0.4 is 10.1 Å². The van der Waals surface area contributed by atoms with E-state index in [1.54, 1.807) is 12.1 Å². The first kappa shape index (κ1) is 18.3. The van der Waals surface area contributed by atoms with Crippen LogP contribution in [0.25, 0.3) is 0 Å². The molecule has 1 atom stereocenters. The fourth-order valence-corrected chi connectivity index (χ4v) is 3.41. The van der Waals surface area contributed by atoms with Crippen LogP contribution in [-0.2, 0) is 6.54 Å². The Morgan fingerprint density at radius 1 is 1.27 bits per heavy atom. The van der Waals surface area contributed by atoms with Crippen LogP contribution in [0, 0.1) is 5.92 Å². The summed E-state index contributed by atoms with van der Waals surface area (Å²) >= 11 is 0. The molecule has 1 heterocycles. The van der Waals surface area contributed by atoms with Crippen molar-refractivity contribution in [3.8, 4) is 11.5 Å². The summed E-state index contributed by atoms with van der Waals surface area (Å²) in [4.78, 5) is 14.8. The summed E-state index contributed by atoms with van der Waals surface area (Å²) < 4.78 is 5.03. The zero-order chi connectivity index (χ0) is 18.5. The summed E-state index contributed by atoms with van der Waals surface area (Å²) in [6, 6.07) is 12.5. The molecule has 1 aliphatic rings.